The van der Waals surface area contributed by atoms with Crippen molar-refractivity contribution in [2.24, 2.45) is 5.73 Å². The van der Waals surface area contributed by atoms with Gasteiger partial charge in [-0.15, -0.1) is 0 Å². The second kappa shape index (κ2) is 9.14. The maximum Gasteiger partial charge on any atom is 0.414 e. The Labute approximate surface area is 208 Å². The molecule has 0 bridgehead atoms. The number of rotatable bonds is 5. The Morgan fingerprint density at radius 2 is 1.71 bits per heavy atom. The summed E-state index contributed by atoms with van der Waals surface area (Å²) < 4.78 is 34.1. The molecule has 3 aromatic carbocycles. The summed E-state index contributed by atoms with van der Waals surface area (Å²) in [6.07, 6.45) is 0.497. The van der Waals surface area contributed by atoms with Crippen molar-refractivity contribution in [3.8, 4) is 0 Å². The number of carbonyl (C=O) groups excluding carboxylic acids is 2. The van der Waals surface area contributed by atoms with Crippen LogP contribution >= 0.6 is 11.6 Å². The number of nitrogens with two attached hydrogens (primary N) is 1. The average molecular weight is 514 g/mol. The molecule has 8 nitrogen and oxygen atoms in total. The highest BCUT2D eigenvalue weighted by Gasteiger charge is 2.38. The van der Waals surface area contributed by atoms with Crippen molar-refractivity contribution in [1.29, 1.82) is 0 Å². The van der Waals surface area contributed by atoms with Gasteiger partial charge in [0.2, 0.25) is 15.9 Å². The number of halogens is 1. The number of benzene rings is 3. The van der Waals surface area contributed by atoms with Crippen LogP contribution in [-0.2, 0) is 32.6 Å². The second-order valence-electron chi connectivity index (χ2n) is 8.71. The Hall–Kier alpha value is -3.14. The standard InChI is InChI=1S/C25H24ClN3O5S/c26-21-7-3-8-22-20(21)15-34-25(31)29(22)17-10-12-28(13-11-17)35(32,33)23-9-2-5-18-16(14-24(27)30)4-1-6-19(18)23/h1-9,17H,10-15H2,(H2,27,30). The van der Waals surface area contributed by atoms with Crippen molar-refractivity contribution in [3.63, 3.8) is 0 Å². The highest BCUT2D eigenvalue weighted by Crippen LogP contribution is 2.37. The van der Waals surface area contributed by atoms with E-state index < -0.39 is 22.0 Å². The van der Waals surface area contributed by atoms with E-state index in [-0.39, 0.29) is 37.1 Å². The molecule has 2 aliphatic rings. The summed E-state index contributed by atoms with van der Waals surface area (Å²) >= 11 is 6.30. The molecule has 10 heteroatoms. The minimum Gasteiger partial charge on any atom is -0.444 e. The van der Waals surface area contributed by atoms with Gasteiger partial charge in [-0.3, -0.25) is 9.69 Å². The maximum atomic E-state index is 13.6. The van der Waals surface area contributed by atoms with Crippen LogP contribution in [0.15, 0.2) is 59.5 Å². The van der Waals surface area contributed by atoms with Crippen LogP contribution in [0.25, 0.3) is 10.8 Å². The lowest BCUT2D eigenvalue weighted by Crippen LogP contribution is -2.50. The summed E-state index contributed by atoms with van der Waals surface area (Å²) in [5.74, 6) is -0.480. The molecule has 0 saturated carbocycles. The molecule has 2 heterocycles. The lowest BCUT2D eigenvalue weighted by atomic mass is 10.0. The number of amides is 2. The number of carbonyl (C=O) groups is 2. The van der Waals surface area contributed by atoms with Crippen molar-refractivity contribution >= 4 is 50.1 Å². The zero-order valence-corrected chi connectivity index (χ0v) is 20.4. The predicted octanol–water partition coefficient (Wildman–Crippen LogP) is 3.83. The number of cyclic esters (lactones) is 1. The molecule has 182 valence electrons. The molecule has 0 radical (unpaired) electrons. The van der Waals surface area contributed by atoms with Gasteiger partial charge in [-0.1, -0.05) is 48.0 Å². The first-order chi connectivity index (χ1) is 16.8. The molecule has 1 fully saturated rings. The quantitative estimate of drug-likeness (QED) is 0.557. The molecule has 2 aliphatic heterocycles. The van der Waals surface area contributed by atoms with E-state index in [0.29, 0.717) is 39.9 Å². The fraction of sp³-hybridized carbons (Fsp3) is 0.280. The minimum absolute atomic E-state index is 0.0314. The van der Waals surface area contributed by atoms with Crippen molar-refractivity contribution < 1.29 is 22.7 Å². The Morgan fingerprint density at radius 3 is 2.46 bits per heavy atom. The Morgan fingerprint density at radius 1 is 1.03 bits per heavy atom. The van der Waals surface area contributed by atoms with Gasteiger partial charge < -0.3 is 10.5 Å². The van der Waals surface area contributed by atoms with Crippen LogP contribution in [0.5, 0.6) is 0 Å². The number of fused-ring (bicyclic) bond motifs is 2. The number of nitrogens with zero attached hydrogens (tertiary/aromatic N) is 2. The van der Waals surface area contributed by atoms with Gasteiger partial charge in [0.25, 0.3) is 0 Å². The molecule has 3 aromatic rings. The number of piperidine rings is 1. The molecule has 0 spiro atoms. The zero-order valence-electron chi connectivity index (χ0n) is 18.8. The molecule has 0 unspecified atom stereocenters. The largest absolute Gasteiger partial charge is 0.444 e. The predicted molar refractivity (Wildman–Crippen MR) is 133 cm³/mol. The van der Waals surface area contributed by atoms with E-state index in [1.54, 1.807) is 53.4 Å². The summed E-state index contributed by atoms with van der Waals surface area (Å²) in [4.78, 5) is 25.9. The van der Waals surface area contributed by atoms with Gasteiger partial charge in [-0.25, -0.2) is 13.2 Å². The lowest BCUT2D eigenvalue weighted by molar-refractivity contribution is -0.117. The van der Waals surface area contributed by atoms with Crippen molar-refractivity contribution in [3.05, 3.63) is 70.7 Å². The van der Waals surface area contributed by atoms with Gasteiger partial charge in [0, 0.05) is 35.1 Å². The number of hydrogen-bond acceptors (Lipinski definition) is 5. The van der Waals surface area contributed by atoms with Crippen LogP contribution in [0.2, 0.25) is 5.02 Å². The van der Waals surface area contributed by atoms with Crippen LogP contribution < -0.4 is 10.6 Å². The van der Waals surface area contributed by atoms with E-state index in [1.165, 1.54) is 4.31 Å². The molecule has 0 atom stereocenters. The van der Waals surface area contributed by atoms with Gasteiger partial charge >= 0.3 is 6.09 Å². The van der Waals surface area contributed by atoms with Gasteiger partial charge in [0.15, 0.2) is 0 Å². The Balaban J connectivity index is 1.41. The van der Waals surface area contributed by atoms with E-state index in [4.69, 9.17) is 22.1 Å². The third kappa shape index (κ3) is 4.24. The smallest absolute Gasteiger partial charge is 0.414 e. The summed E-state index contributed by atoms with van der Waals surface area (Å²) in [6, 6.07) is 15.5. The van der Waals surface area contributed by atoms with Crippen LogP contribution in [0, 0.1) is 0 Å². The lowest BCUT2D eigenvalue weighted by Gasteiger charge is -2.40. The maximum absolute atomic E-state index is 13.6. The highest BCUT2D eigenvalue weighted by atomic mass is 35.5. The minimum atomic E-state index is -3.81. The SMILES string of the molecule is NC(=O)Cc1cccc2c(S(=O)(=O)N3CCC(N4C(=O)OCc5c(Cl)cccc54)CC3)cccc12. The van der Waals surface area contributed by atoms with Crippen molar-refractivity contribution in [2.45, 2.75) is 36.8 Å². The number of primary amides is 1. The third-order valence-corrected chi connectivity index (χ3v) is 8.94. The van der Waals surface area contributed by atoms with E-state index in [2.05, 4.69) is 0 Å². The van der Waals surface area contributed by atoms with Crippen LogP contribution in [-0.4, -0.2) is 43.9 Å². The molecular weight excluding hydrogens is 490 g/mol. The van der Waals surface area contributed by atoms with Crippen LogP contribution in [0.3, 0.4) is 0 Å². The monoisotopic (exact) mass is 513 g/mol. The molecule has 0 aromatic heterocycles. The molecule has 5 rings (SSSR count). The van der Waals surface area contributed by atoms with E-state index in [9.17, 15) is 18.0 Å². The Bertz CT molecular complexity index is 1430. The normalized spacial score (nSPS) is 17.3. The number of sulfonamides is 1. The Kier molecular flexibility index (Phi) is 6.16. The van der Waals surface area contributed by atoms with Gasteiger partial charge in [-0.05, 0) is 42.0 Å². The van der Waals surface area contributed by atoms with Crippen molar-refractivity contribution in [2.75, 3.05) is 18.0 Å². The summed E-state index contributed by atoms with van der Waals surface area (Å²) in [5, 5.41) is 1.77. The topological polar surface area (TPSA) is 110 Å². The number of hydrogen-bond donors (Lipinski definition) is 1. The molecule has 35 heavy (non-hydrogen) atoms. The van der Waals surface area contributed by atoms with E-state index in [0.717, 1.165) is 5.56 Å². The first-order valence-electron chi connectivity index (χ1n) is 11.3. The fourth-order valence-corrected chi connectivity index (χ4v) is 6.86. The average Bonchev–Trinajstić information content (AvgIpc) is 2.84. The van der Waals surface area contributed by atoms with Crippen LogP contribution in [0.4, 0.5) is 10.5 Å². The van der Waals surface area contributed by atoms with Gasteiger partial charge in [-0.2, -0.15) is 4.31 Å². The first kappa shape index (κ1) is 23.6. The van der Waals surface area contributed by atoms with Crippen LogP contribution in [0.1, 0.15) is 24.0 Å². The molecular formula is C25H24ClN3O5S. The zero-order chi connectivity index (χ0) is 24.7. The molecule has 0 aliphatic carbocycles. The second-order valence-corrected chi connectivity index (χ2v) is 11.0. The molecule has 2 amide bonds. The molecule has 1 saturated heterocycles. The van der Waals surface area contributed by atoms with Crippen molar-refractivity contribution in [1.82, 2.24) is 4.31 Å². The molecule has 2 N–H and O–H groups in total. The highest BCUT2D eigenvalue weighted by molar-refractivity contribution is 7.89. The van der Waals surface area contributed by atoms with E-state index >= 15 is 0 Å². The summed E-state index contributed by atoms with van der Waals surface area (Å²) in [5.41, 5.74) is 7.53. The first-order valence-corrected chi connectivity index (χ1v) is 13.1. The number of anilines is 1. The fourth-order valence-electron chi connectivity index (χ4n) is 4.96. The summed E-state index contributed by atoms with van der Waals surface area (Å²) in [6.45, 7) is 0.629. The van der Waals surface area contributed by atoms with Gasteiger partial charge in [0.05, 0.1) is 17.0 Å². The number of ether oxygens (including phenoxy) is 1. The summed E-state index contributed by atoms with van der Waals surface area (Å²) in [7, 11) is -3.81. The van der Waals surface area contributed by atoms with E-state index in [1.807, 2.05) is 6.07 Å². The third-order valence-electron chi connectivity index (χ3n) is 6.63. The van der Waals surface area contributed by atoms with Gasteiger partial charge in [0.1, 0.15) is 6.61 Å².